The first-order valence-electron chi connectivity index (χ1n) is 6.61. The number of aliphatic hydroxyl groups is 1. The molecule has 0 amide bonds. The molecule has 0 bridgehead atoms. The average Bonchev–Trinajstić information content (AvgIpc) is 2.30. The molecule has 0 spiro atoms. The predicted molar refractivity (Wildman–Crippen MR) is 74.7 cm³/mol. The van der Waals surface area contributed by atoms with Crippen LogP contribution in [-0.4, -0.2) is 5.11 Å². The normalized spacial score (nSPS) is 30.2. The molecule has 0 radical (unpaired) electrons. The van der Waals surface area contributed by atoms with E-state index in [9.17, 15) is 9.50 Å². The molecule has 1 aromatic carbocycles. The summed E-state index contributed by atoms with van der Waals surface area (Å²) in [6, 6.07) is 4.68. The lowest BCUT2D eigenvalue weighted by molar-refractivity contribution is 0.0558. The molecule has 18 heavy (non-hydrogen) atoms. The zero-order valence-electron chi connectivity index (χ0n) is 10.9. The van der Waals surface area contributed by atoms with Crippen LogP contribution >= 0.6 is 15.9 Å². The fourth-order valence-electron chi connectivity index (χ4n) is 2.89. The summed E-state index contributed by atoms with van der Waals surface area (Å²) in [6.07, 6.45) is 2.66. The molecule has 4 unspecified atom stereocenters. The fraction of sp³-hybridized carbons (Fsp3) is 0.600. The van der Waals surface area contributed by atoms with Crippen molar-refractivity contribution in [1.29, 1.82) is 0 Å². The Balaban J connectivity index is 2.13. The molecule has 1 aliphatic carbocycles. The van der Waals surface area contributed by atoms with Crippen LogP contribution in [0.5, 0.6) is 0 Å². The molecule has 3 heteroatoms. The summed E-state index contributed by atoms with van der Waals surface area (Å²) in [6.45, 7) is 4.51. The molecule has 1 nitrogen and oxygen atoms in total. The Labute approximate surface area is 117 Å². The van der Waals surface area contributed by atoms with Gasteiger partial charge in [-0.2, -0.15) is 0 Å². The van der Waals surface area contributed by atoms with E-state index < -0.39 is 6.10 Å². The smallest absolute Gasteiger partial charge is 0.124 e. The van der Waals surface area contributed by atoms with Crippen molar-refractivity contribution in [3.05, 3.63) is 34.1 Å². The minimum atomic E-state index is -0.549. The summed E-state index contributed by atoms with van der Waals surface area (Å²) < 4.78 is 14.0. The van der Waals surface area contributed by atoms with Crippen LogP contribution in [0.3, 0.4) is 0 Å². The molecular weight excluding hydrogens is 295 g/mol. The van der Waals surface area contributed by atoms with Crippen molar-refractivity contribution in [2.75, 3.05) is 0 Å². The number of benzene rings is 1. The number of rotatable bonds is 2. The van der Waals surface area contributed by atoms with Crippen LogP contribution < -0.4 is 0 Å². The molecular formula is C15H20BrFO. The van der Waals surface area contributed by atoms with Crippen LogP contribution in [0.15, 0.2) is 22.7 Å². The zero-order valence-corrected chi connectivity index (χ0v) is 12.5. The Morgan fingerprint density at radius 3 is 2.56 bits per heavy atom. The largest absolute Gasteiger partial charge is 0.388 e. The van der Waals surface area contributed by atoms with Crippen molar-refractivity contribution in [2.24, 2.45) is 17.8 Å². The highest BCUT2D eigenvalue weighted by atomic mass is 79.9. The third-order valence-corrected chi connectivity index (χ3v) is 4.77. The molecule has 1 aliphatic rings. The summed E-state index contributed by atoms with van der Waals surface area (Å²) in [5.41, 5.74) is 0.689. The van der Waals surface area contributed by atoms with E-state index in [1.54, 1.807) is 0 Å². The van der Waals surface area contributed by atoms with Crippen LogP contribution in [0.1, 0.15) is 44.8 Å². The molecule has 2 rings (SSSR count). The van der Waals surface area contributed by atoms with Crippen molar-refractivity contribution in [3.8, 4) is 0 Å². The zero-order chi connectivity index (χ0) is 13.3. The van der Waals surface area contributed by atoms with Crippen molar-refractivity contribution < 1.29 is 9.50 Å². The van der Waals surface area contributed by atoms with Crippen LogP contribution in [0.4, 0.5) is 4.39 Å². The summed E-state index contributed by atoms with van der Waals surface area (Å²) in [5, 5.41) is 10.4. The monoisotopic (exact) mass is 314 g/mol. The molecule has 100 valence electrons. The van der Waals surface area contributed by atoms with E-state index in [2.05, 4.69) is 29.8 Å². The molecule has 0 aromatic heterocycles. The highest BCUT2D eigenvalue weighted by Crippen LogP contribution is 2.40. The highest BCUT2D eigenvalue weighted by Gasteiger charge is 2.30. The third-order valence-electron chi connectivity index (χ3n) is 4.31. The number of aliphatic hydroxyl groups excluding tert-OH is 1. The maximum absolute atomic E-state index is 13.4. The molecule has 4 atom stereocenters. The van der Waals surface area contributed by atoms with Crippen molar-refractivity contribution in [3.63, 3.8) is 0 Å². The van der Waals surface area contributed by atoms with Gasteiger partial charge < -0.3 is 5.11 Å². The van der Waals surface area contributed by atoms with Crippen LogP contribution in [0.2, 0.25) is 0 Å². The van der Waals surface area contributed by atoms with Crippen LogP contribution in [-0.2, 0) is 0 Å². The van der Waals surface area contributed by atoms with Gasteiger partial charge in [0.25, 0.3) is 0 Å². The first-order chi connectivity index (χ1) is 8.47. The third kappa shape index (κ3) is 3.12. The maximum Gasteiger partial charge on any atom is 0.124 e. The topological polar surface area (TPSA) is 20.2 Å². The standard InChI is InChI=1S/C15H20BrFO/c1-9-3-4-11(5-10(9)2)15(18)12-6-13(16)8-14(17)7-12/h6-11,15,18H,3-5H2,1-2H3. The van der Waals surface area contributed by atoms with Gasteiger partial charge in [-0.05, 0) is 54.4 Å². The molecule has 1 aromatic rings. The van der Waals surface area contributed by atoms with Crippen molar-refractivity contribution >= 4 is 15.9 Å². The second-order valence-electron chi connectivity index (χ2n) is 5.68. The summed E-state index contributed by atoms with van der Waals surface area (Å²) >= 11 is 3.28. The number of hydrogen-bond donors (Lipinski definition) is 1. The van der Waals surface area contributed by atoms with Gasteiger partial charge in [0.2, 0.25) is 0 Å². The number of halogens is 2. The molecule has 1 N–H and O–H groups in total. The van der Waals surface area contributed by atoms with Gasteiger partial charge in [0, 0.05) is 4.47 Å². The van der Waals surface area contributed by atoms with E-state index in [4.69, 9.17) is 0 Å². The van der Waals surface area contributed by atoms with Crippen LogP contribution in [0, 0.1) is 23.6 Å². The predicted octanol–water partition coefficient (Wildman–Crippen LogP) is 4.69. The highest BCUT2D eigenvalue weighted by molar-refractivity contribution is 9.10. The van der Waals surface area contributed by atoms with E-state index in [0.29, 0.717) is 16.0 Å². The van der Waals surface area contributed by atoms with Crippen molar-refractivity contribution in [1.82, 2.24) is 0 Å². The molecule has 0 heterocycles. The van der Waals surface area contributed by atoms with Crippen molar-refractivity contribution in [2.45, 2.75) is 39.2 Å². The lowest BCUT2D eigenvalue weighted by Crippen LogP contribution is -2.25. The van der Waals surface area contributed by atoms with Gasteiger partial charge in [0.05, 0.1) is 6.10 Å². The Kier molecular flexibility index (Phi) is 4.44. The van der Waals surface area contributed by atoms with E-state index in [1.165, 1.54) is 12.1 Å². The lowest BCUT2D eigenvalue weighted by Gasteiger charge is -2.34. The summed E-state index contributed by atoms with van der Waals surface area (Å²) in [7, 11) is 0. The number of hydrogen-bond acceptors (Lipinski definition) is 1. The van der Waals surface area contributed by atoms with Crippen LogP contribution in [0.25, 0.3) is 0 Å². The van der Waals surface area contributed by atoms with E-state index in [1.807, 2.05) is 6.07 Å². The summed E-state index contributed by atoms with van der Waals surface area (Å²) in [5.74, 6) is 1.32. The molecule has 1 saturated carbocycles. The summed E-state index contributed by atoms with van der Waals surface area (Å²) in [4.78, 5) is 0. The van der Waals surface area contributed by atoms with E-state index in [0.717, 1.165) is 25.2 Å². The minimum Gasteiger partial charge on any atom is -0.388 e. The van der Waals surface area contributed by atoms with Gasteiger partial charge in [-0.1, -0.05) is 36.2 Å². The second-order valence-corrected chi connectivity index (χ2v) is 6.59. The van der Waals surface area contributed by atoms with E-state index in [-0.39, 0.29) is 11.7 Å². The molecule has 1 fully saturated rings. The van der Waals surface area contributed by atoms with E-state index >= 15 is 0 Å². The van der Waals surface area contributed by atoms with Gasteiger partial charge >= 0.3 is 0 Å². The Morgan fingerprint density at radius 2 is 1.94 bits per heavy atom. The van der Waals surface area contributed by atoms with Gasteiger partial charge in [0.1, 0.15) is 5.82 Å². The Morgan fingerprint density at radius 1 is 1.22 bits per heavy atom. The quantitative estimate of drug-likeness (QED) is 0.839. The first-order valence-corrected chi connectivity index (χ1v) is 7.40. The average molecular weight is 315 g/mol. The Hall–Kier alpha value is -0.410. The van der Waals surface area contributed by atoms with Gasteiger partial charge in [-0.3, -0.25) is 0 Å². The molecule has 0 aliphatic heterocycles. The van der Waals surface area contributed by atoms with Gasteiger partial charge in [-0.25, -0.2) is 4.39 Å². The SMILES string of the molecule is CC1CCC(C(O)c2cc(F)cc(Br)c2)CC1C. The second kappa shape index (κ2) is 5.70. The maximum atomic E-state index is 13.4. The lowest BCUT2D eigenvalue weighted by atomic mass is 9.73. The van der Waals surface area contributed by atoms with Gasteiger partial charge in [0.15, 0.2) is 0 Å². The first kappa shape index (κ1) is 14.0. The molecule has 0 saturated heterocycles. The van der Waals surface area contributed by atoms with Gasteiger partial charge in [-0.15, -0.1) is 0 Å². The minimum absolute atomic E-state index is 0.255. The fourth-order valence-corrected chi connectivity index (χ4v) is 3.38. The Bertz CT molecular complexity index is 401.